The SMILES string of the molecule is CNCc1cn(S(=O)(=O)c2cccnc2)c2cc(Nc3ccc(OC)cc3C(F)(F)F)ccc12. The monoisotopic (exact) mass is 490 g/mol. The smallest absolute Gasteiger partial charge is 0.418 e. The average molecular weight is 491 g/mol. The van der Waals surface area contributed by atoms with E-state index in [1.807, 2.05) is 0 Å². The molecule has 7 nitrogen and oxygen atoms in total. The van der Waals surface area contributed by atoms with E-state index in [4.69, 9.17) is 4.74 Å². The fourth-order valence-corrected chi connectivity index (χ4v) is 4.98. The lowest BCUT2D eigenvalue weighted by Gasteiger charge is -2.16. The lowest BCUT2D eigenvalue weighted by molar-refractivity contribution is -0.137. The first-order valence-electron chi connectivity index (χ1n) is 10.1. The third kappa shape index (κ3) is 4.44. The molecule has 0 radical (unpaired) electrons. The molecule has 2 aromatic carbocycles. The van der Waals surface area contributed by atoms with Crippen molar-refractivity contribution in [3.63, 3.8) is 0 Å². The van der Waals surface area contributed by atoms with Gasteiger partial charge in [0.2, 0.25) is 0 Å². The van der Waals surface area contributed by atoms with E-state index in [2.05, 4.69) is 15.6 Å². The summed E-state index contributed by atoms with van der Waals surface area (Å²) in [4.78, 5) is 3.88. The standard InChI is InChI=1S/C23H21F3N4O3S/c1-27-12-15-14-30(34(31,32)18-4-3-9-28-13-18)22-10-16(5-7-19(15)22)29-21-8-6-17(33-2)11-20(21)23(24,25)26/h3-11,13-14,27,29H,12H2,1-2H3. The summed E-state index contributed by atoms with van der Waals surface area (Å²) in [5, 5.41) is 6.42. The molecule has 0 atom stereocenters. The van der Waals surface area contributed by atoms with Gasteiger partial charge < -0.3 is 15.4 Å². The van der Waals surface area contributed by atoms with E-state index in [-0.39, 0.29) is 16.3 Å². The number of rotatable bonds is 7. The Labute approximate surface area is 194 Å². The van der Waals surface area contributed by atoms with Crippen molar-refractivity contribution < 1.29 is 26.3 Å². The van der Waals surface area contributed by atoms with Crippen LogP contribution in [0, 0.1) is 0 Å². The second-order valence-electron chi connectivity index (χ2n) is 7.44. The molecule has 0 amide bonds. The van der Waals surface area contributed by atoms with Gasteiger partial charge in [-0.3, -0.25) is 4.98 Å². The van der Waals surface area contributed by atoms with Crippen molar-refractivity contribution in [3.05, 3.63) is 78.2 Å². The van der Waals surface area contributed by atoms with E-state index in [9.17, 15) is 21.6 Å². The molecule has 0 unspecified atom stereocenters. The van der Waals surface area contributed by atoms with Crippen LogP contribution in [0.5, 0.6) is 5.75 Å². The first kappa shape index (κ1) is 23.6. The number of aromatic nitrogens is 2. The van der Waals surface area contributed by atoms with Gasteiger partial charge in [-0.15, -0.1) is 0 Å². The molecule has 0 fully saturated rings. The number of hydrogen-bond donors (Lipinski definition) is 2. The zero-order valence-electron chi connectivity index (χ0n) is 18.2. The molecule has 0 bridgehead atoms. The number of methoxy groups -OCH3 is 1. The van der Waals surface area contributed by atoms with Gasteiger partial charge in [0.25, 0.3) is 10.0 Å². The van der Waals surface area contributed by atoms with E-state index >= 15 is 0 Å². The number of alkyl halides is 3. The van der Waals surface area contributed by atoms with Gasteiger partial charge >= 0.3 is 6.18 Å². The Morgan fingerprint density at radius 3 is 2.56 bits per heavy atom. The maximum atomic E-state index is 13.6. The molecule has 0 aliphatic rings. The quantitative estimate of drug-likeness (QED) is 0.389. The van der Waals surface area contributed by atoms with Crippen LogP contribution in [0.25, 0.3) is 10.9 Å². The van der Waals surface area contributed by atoms with Gasteiger partial charge in [-0.2, -0.15) is 13.2 Å². The Bertz CT molecular complexity index is 1440. The molecule has 2 aromatic heterocycles. The average Bonchev–Trinajstić information content (AvgIpc) is 3.18. The van der Waals surface area contributed by atoms with Gasteiger partial charge in [-0.25, -0.2) is 12.4 Å². The third-order valence-electron chi connectivity index (χ3n) is 5.22. The van der Waals surface area contributed by atoms with E-state index in [1.165, 1.54) is 56.0 Å². The molecule has 2 heterocycles. The van der Waals surface area contributed by atoms with Crippen molar-refractivity contribution in [2.45, 2.75) is 17.6 Å². The summed E-state index contributed by atoms with van der Waals surface area (Å²) in [6.07, 6.45) is -0.408. The molecule has 4 aromatic rings. The molecule has 4 rings (SSSR count). The minimum Gasteiger partial charge on any atom is -0.497 e. The van der Waals surface area contributed by atoms with Crippen LogP contribution in [0.15, 0.2) is 72.0 Å². The minimum absolute atomic E-state index is 0.00391. The molecule has 178 valence electrons. The fourth-order valence-electron chi connectivity index (χ4n) is 3.64. The summed E-state index contributed by atoms with van der Waals surface area (Å²) >= 11 is 0. The number of nitrogens with zero attached hydrogens (tertiary/aromatic N) is 2. The summed E-state index contributed by atoms with van der Waals surface area (Å²) in [6, 6.07) is 11.3. The highest BCUT2D eigenvalue weighted by atomic mass is 32.2. The zero-order valence-corrected chi connectivity index (χ0v) is 19.0. The topological polar surface area (TPSA) is 85.2 Å². The second-order valence-corrected chi connectivity index (χ2v) is 9.26. The summed E-state index contributed by atoms with van der Waals surface area (Å²) in [6.45, 7) is 0.398. The van der Waals surface area contributed by atoms with E-state index in [1.54, 1.807) is 19.2 Å². The van der Waals surface area contributed by atoms with E-state index < -0.39 is 21.8 Å². The van der Waals surface area contributed by atoms with Crippen LogP contribution >= 0.6 is 0 Å². The highest BCUT2D eigenvalue weighted by Gasteiger charge is 2.34. The number of pyridine rings is 1. The van der Waals surface area contributed by atoms with Crippen molar-refractivity contribution in [2.24, 2.45) is 0 Å². The van der Waals surface area contributed by atoms with Crippen molar-refractivity contribution in [1.82, 2.24) is 14.3 Å². The molecule has 0 spiro atoms. The van der Waals surface area contributed by atoms with Crippen molar-refractivity contribution >= 4 is 32.3 Å². The normalized spacial score (nSPS) is 12.1. The molecule has 2 N–H and O–H groups in total. The number of ether oxygens (including phenoxy) is 1. The van der Waals surface area contributed by atoms with Crippen LogP contribution < -0.4 is 15.4 Å². The van der Waals surface area contributed by atoms with E-state index in [0.29, 0.717) is 23.1 Å². The highest BCUT2D eigenvalue weighted by Crippen LogP contribution is 2.39. The number of benzene rings is 2. The predicted octanol–water partition coefficient (Wildman–Crippen LogP) is 4.76. The summed E-state index contributed by atoms with van der Waals surface area (Å²) in [5.41, 5.74) is 0.246. The highest BCUT2D eigenvalue weighted by molar-refractivity contribution is 7.90. The molecular formula is C23H21F3N4O3S. The number of nitrogens with one attached hydrogen (secondary N) is 2. The fraction of sp³-hybridized carbons (Fsp3) is 0.174. The first-order chi connectivity index (χ1) is 16.1. The Morgan fingerprint density at radius 2 is 1.91 bits per heavy atom. The second kappa shape index (κ2) is 8.99. The number of halogens is 3. The van der Waals surface area contributed by atoms with Crippen molar-refractivity contribution in [1.29, 1.82) is 0 Å². The first-order valence-corrected chi connectivity index (χ1v) is 11.6. The molecule has 0 aliphatic carbocycles. The third-order valence-corrected chi connectivity index (χ3v) is 6.88. The van der Waals surface area contributed by atoms with Crippen LogP contribution in [0.3, 0.4) is 0 Å². The minimum atomic E-state index is -4.62. The Balaban J connectivity index is 1.84. The summed E-state index contributed by atoms with van der Waals surface area (Å²) < 4.78 is 73.5. The zero-order chi connectivity index (χ0) is 24.5. The molecular weight excluding hydrogens is 469 g/mol. The van der Waals surface area contributed by atoms with Gasteiger partial charge in [-0.05, 0) is 55.1 Å². The maximum Gasteiger partial charge on any atom is 0.418 e. The summed E-state index contributed by atoms with van der Waals surface area (Å²) in [5.74, 6) is 0.0708. The van der Waals surface area contributed by atoms with Gasteiger partial charge in [-0.1, -0.05) is 6.07 Å². The van der Waals surface area contributed by atoms with Crippen LogP contribution in [-0.4, -0.2) is 31.5 Å². The van der Waals surface area contributed by atoms with Gasteiger partial charge in [0.05, 0.1) is 23.9 Å². The molecule has 34 heavy (non-hydrogen) atoms. The van der Waals surface area contributed by atoms with Crippen LogP contribution in [-0.2, 0) is 22.7 Å². The molecule has 0 aliphatic heterocycles. The number of hydrogen-bond acceptors (Lipinski definition) is 6. The lowest BCUT2D eigenvalue weighted by Crippen LogP contribution is -2.12. The predicted molar refractivity (Wildman–Crippen MR) is 123 cm³/mol. The van der Waals surface area contributed by atoms with Crippen LogP contribution in [0.2, 0.25) is 0 Å². The summed E-state index contributed by atoms with van der Waals surface area (Å²) in [7, 11) is -0.970. The Hall–Kier alpha value is -3.57. The maximum absolute atomic E-state index is 13.6. The van der Waals surface area contributed by atoms with E-state index in [0.717, 1.165) is 15.6 Å². The van der Waals surface area contributed by atoms with Crippen molar-refractivity contribution in [2.75, 3.05) is 19.5 Å². The largest absolute Gasteiger partial charge is 0.497 e. The Morgan fingerprint density at radius 1 is 1.12 bits per heavy atom. The Kier molecular flexibility index (Phi) is 6.24. The molecule has 0 saturated heterocycles. The van der Waals surface area contributed by atoms with Gasteiger partial charge in [0, 0.05) is 36.2 Å². The van der Waals surface area contributed by atoms with Crippen LogP contribution in [0.1, 0.15) is 11.1 Å². The number of anilines is 2. The van der Waals surface area contributed by atoms with Crippen LogP contribution in [0.4, 0.5) is 24.5 Å². The molecule has 0 saturated carbocycles. The van der Waals surface area contributed by atoms with Crippen molar-refractivity contribution in [3.8, 4) is 5.75 Å². The lowest BCUT2D eigenvalue weighted by atomic mass is 10.1. The van der Waals surface area contributed by atoms with Gasteiger partial charge in [0.1, 0.15) is 10.6 Å². The van der Waals surface area contributed by atoms with Gasteiger partial charge in [0.15, 0.2) is 0 Å². The molecule has 11 heteroatoms. The number of fused-ring (bicyclic) bond motifs is 1.